The second-order valence-corrected chi connectivity index (χ2v) is 5.56. The number of nitrogens with one attached hydrogen (secondary N) is 1. The summed E-state index contributed by atoms with van der Waals surface area (Å²) in [6.45, 7) is 0.612. The molecule has 1 aromatic rings. The minimum Gasteiger partial charge on any atom is -0.396 e. The molecule has 0 saturated carbocycles. The monoisotopic (exact) mass is 318 g/mol. The van der Waals surface area contributed by atoms with E-state index >= 15 is 0 Å². The highest BCUT2D eigenvalue weighted by Crippen LogP contribution is 2.20. The summed E-state index contributed by atoms with van der Waals surface area (Å²) in [7, 11) is 0. The van der Waals surface area contributed by atoms with E-state index in [-0.39, 0.29) is 22.9 Å². The number of thioether (sulfide) groups is 1. The van der Waals surface area contributed by atoms with Crippen LogP contribution in [-0.2, 0) is 0 Å². The van der Waals surface area contributed by atoms with Gasteiger partial charge in [-0.15, -0.1) is 0 Å². The largest absolute Gasteiger partial charge is 0.396 e. The fourth-order valence-corrected chi connectivity index (χ4v) is 2.43. The number of benzene rings is 1. The van der Waals surface area contributed by atoms with Crippen LogP contribution in [0.2, 0.25) is 5.02 Å². The second-order valence-electron chi connectivity index (χ2n) is 3.90. The standard InChI is InChI=1S/C12H15ClN2O4S/c13-10-6-9(7-11(8-10)15(18)19)12(17)14-2-5-20-4-1-3-16/h6-8,16H,1-5H2,(H,14,17). The van der Waals surface area contributed by atoms with E-state index in [0.29, 0.717) is 12.3 Å². The van der Waals surface area contributed by atoms with E-state index < -0.39 is 10.8 Å². The molecule has 0 radical (unpaired) electrons. The maximum Gasteiger partial charge on any atom is 0.271 e. The van der Waals surface area contributed by atoms with Crippen LogP contribution in [0, 0.1) is 10.1 Å². The third-order valence-corrected chi connectivity index (χ3v) is 3.62. The van der Waals surface area contributed by atoms with E-state index in [9.17, 15) is 14.9 Å². The molecule has 0 atom stereocenters. The molecular formula is C12H15ClN2O4S. The third-order valence-electron chi connectivity index (χ3n) is 2.33. The Labute approximate surface area is 125 Å². The lowest BCUT2D eigenvalue weighted by Crippen LogP contribution is -2.25. The predicted molar refractivity (Wildman–Crippen MR) is 79.5 cm³/mol. The van der Waals surface area contributed by atoms with Crippen LogP contribution in [0.15, 0.2) is 18.2 Å². The molecule has 1 aromatic carbocycles. The molecule has 1 rings (SSSR count). The number of amides is 1. The third kappa shape index (κ3) is 5.77. The lowest BCUT2D eigenvalue weighted by Gasteiger charge is -2.05. The lowest BCUT2D eigenvalue weighted by molar-refractivity contribution is -0.384. The van der Waals surface area contributed by atoms with Gasteiger partial charge in [-0.1, -0.05) is 11.6 Å². The highest BCUT2D eigenvalue weighted by Gasteiger charge is 2.13. The minimum absolute atomic E-state index is 0.154. The van der Waals surface area contributed by atoms with Crippen molar-refractivity contribution in [1.29, 1.82) is 0 Å². The molecule has 0 fully saturated rings. The Kier molecular flexibility index (Phi) is 7.35. The second kappa shape index (κ2) is 8.78. The van der Waals surface area contributed by atoms with Gasteiger partial charge in [0.2, 0.25) is 0 Å². The molecule has 0 heterocycles. The first-order chi connectivity index (χ1) is 9.54. The van der Waals surface area contributed by atoms with E-state index in [1.165, 1.54) is 18.2 Å². The number of hydrogen-bond acceptors (Lipinski definition) is 5. The number of rotatable bonds is 8. The molecule has 1 amide bonds. The number of nitro benzene ring substituents is 1. The molecule has 110 valence electrons. The number of aliphatic hydroxyl groups excluding tert-OH is 1. The van der Waals surface area contributed by atoms with Crippen LogP contribution in [0.3, 0.4) is 0 Å². The zero-order valence-electron chi connectivity index (χ0n) is 10.7. The molecule has 8 heteroatoms. The van der Waals surface area contributed by atoms with Crippen LogP contribution in [0.25, 0.3) is 0 Å². The van der Waals surface area contributed by atoms with E-state index in [4.69, 9.17) is 16.7 Å². The topological polar surface area (TPSA) is 92.5 Å². The van der Waals surface area contributed by atoms with Crippen LogP contribution >= 0.6 is 23.4 Å². The van der Waals surface area contributed by atoms with Crippen LogP contribution < -0.4 is 5.32 Å². The average Bonchev–Trinajstić information content (AvgIpc) is 2.41. The van der Waals surface area contributed by atoms with Gasteiger partial charge >= 0.3 is 0 Å². The quantitative estimate of drug-likeness (QED) is 0.435. The molecule has 0 spiro atoms. The van der Waals surface area contributed by atoms with Gasteiger partial charge in [-0.25, -0.2) is 0 Å². The summed E-state index contributed by atoms with van der Waals surface area (Å²) >= 11 is 7.36. The van der Waals surface area contributed by atoms with Crippen LogP contribution in [0.5, 0.6) is 0 Å². The maximum atomic E-state index is 11.8. The van der Waals surface area contributed by atoms with Gasteiger partial charge in [-0.3, -0.25) is 14.9 Å². The van der Waals surface area contributed by atoms with Gasteiger partial charge < -0.3 is 10.4 Å². The van der Waals surface area contributed by atoms with Gasteiger partial charge in [0.05, 0.1) is 4.92 Å². The summed E-state index contributed by atoms with van der Waals surface area (Å²) in [6.07, 6.45) is 0.721. The number of carbonyl (C=O) groups is 1. The van der Waals surface area contributed by atoms with Gasteiger partial charge in [-0.05, 0) is 18.2 Å². The molecule has 0 aliphatic heterocycles. The van der Waals surface area contributed by atoms with Crippen molar-refractivity contribution in [2.24, 2.45) is 0 Å². The Morgan fingerprint density at radius 3 is 2.80 bits per heavy atom. The van der Waals surface area contributed by atoms with Crippen molar-refractivity contribution in [2.75, 3.05) is 24.7 Å². The van der Waals surface area contributed by atoms with Crippen molar-refractivity contribution in [3.05, 3.63) is 38.9 Å². The molecule has 20 heavy (non-hydrogen) atoms. The molecular weight excluding hydrogens is 304 g/mol. The van der Waals surface area contributed by atoms with E-state index in [1.807, 2.05) is 0 Å². The van der Waals surface area contributed by atoms with Gasteiger partial charge in [0.1, 0.15) is 0 Å². The normalized spacial score (nSPS) is 10.3. The molecule has 2 N–H and O–H groups in total. The highest BCUT2D eigenvalue weighted by molar-refractivity contribution is 7.99. The number of non-ortho nitro benzene ring substituents is 1. The van der Waals surface area contributed by atoms with E-state index in [2.05, 4.69) is 5.32 Å². The van der Waals surface area contributed by atoms with Crippen LogP contribution in [-0.4, -0.2) is 40.6 Å². The number of aliphatic hydroxyl groups is 1. The first-order valence-corrected chi connectivity index (χ1v) is 7.49. The first-order valence-electron chi connectivity index (χ1n) is 5.96. The zero-order valence-corrected chi connectivity index (χ0v) is 12.2. The number of halogens is 1. The highest BCUT2D eigenvalue weighted by atomic mass is 35.5. The molecule has 0 unspecified atom stereocenters. The Bertz CT molecular complexity index is 485. The zero-order chi connectivity index (χ0) is 15.0. The molecule has 6 nitrogen and oxygen atoms in total. The van der Waals surface area contributed by atoms with Gasteiger partial charge in [0.25, 0.3) is 11.6 Å². The van der Waals surface area contributed by atoms with Gasteiger partial charge in [0, 0.05) is 41.6 Å². The Morgan fingerprint density at radius 1 is 1.40 bits per heavy atom. The average molecular weight is 319 g/mol. The molecule has 0 aromatic heterocycles. The fourth-order valence-electron chi connectivity index (χ4n) is 1.42. The Hall–Kier alpha value is -1.31. The molecule has 0 aliphatic carbocycles. The number of hydrogen-bond donors (Lipinski definition) is 2. The van der Waals surface area contributed by atoms with Crippen molar-refractivity contribution >= 4 is 35.0 Å². The summed E-state index contributed by atoms with van der Waals surface area (Å²) in [4.78, 5) is 21.9. The summed E-state index contributed by atoms with van der Waals surface area (Å²) in [6, 6.07) is 3.78. The molecule has 0 aliphatic rings. The smallest absolute Gasteiger partial charge is 0.271 e. The minimum atomic E-state index is -0.590. The van der Waals surface area contributed by atoms with Crippen molar-refractivity contribution < 1.29 is 14.8 Å². The van der Waals surface area contributed by atoms with Gasteiger partial charge in [0.15, 0.2) is 0 Å². The Balaban J connectivity index is 2.49. The first kappa shape index (κ1) is 16.7. The van der Waals surface area contributed by atoms with Crippen molar-refractivity contribution in [2.45, 2.75) is 6.42 Å². The summed E-state index contributed by atoms with van der Waals surface area (Å²) < 4.78 is 0. The van der Waals surface area contributed by atoms with Gasteiger partial charge in [-0.2, -0.15) is 11.8 Å². The maximum absolute atomic E-state index is 11.8. The fraction of sp³-hybridized carbons (Fsp3) is 0.417. The van der Waals surface area contributed by atoms with E-state index in [1.54, 1.807) is 11.8 Å². The summed E-state index contributed by atoms with van der Waals surface area (Å²) in [5.74, 6) is 1.15. The molecule has 0 saturated heterocycles. The Morgan fingerprint density at radius 2 is 2.15 bits per heavy atom. The summed E-state index contributed by atoms with van der Waals surface area (Å²) in [5, 5.41) is 22.1. The van der Waals surface area contributed by atoms with Crippen LogP contribution in [0.4, 0.5) is 5.69 Å². The number of nitro groups is 1. The van der Waals surface area contributed by atoms with E-state index in [0.717, 1.165) is 12.2 Å². The van der Waals surface area contributed by atoms with Crippen LogP contribution in [0.1, 0.15) is 16.8 Å². The number of carbonyl (C=O) groups excluding carboxylic acids is 1. The van der Waals surface area contributed by atoms with Crippen molar-refractivity contribution in [3.63, 3.8) is 0 Å². The lowest BCUT2D eigenvalue weighted by atomic mass is 10.2. The van der Waals surface area contributed by atoms with Crippen molar-refractivity contribution in [1.82, 2.24) is 5.32 Å². The molecule has 0 bridgehead atoms. The number of nitrogens with zero attached hydrogens (tertiary/aromatic N) is 1. The SMILES string of the molecule is O=C(NCCSCCCO)c1cc(Cl)cc([N+](=O)[O-])c1. The summed E-state index contributed by atoms with van der Waals surface area (Å²) in [5.41, 5.74) is -0.0375. The van der Waals surface area contributed by atoms with Crippen molar-refractivity contribution in [3.8, 4) is 0 Å². The predicted octanol–water partition coefficient (Wildman–Crippen LogP) is 2.09.